The van der Waals surface area contributed by atoms with Crippen molar-refractivity contribution in [3.63, 3.8) is 0 Å². The van der Waals surface area contributed by atoms with Crippen molar-refractivity contribution in [3.05, 3.63) is 48.0 Å². The van der Waals surface area contributed by atoms with Crippen molar-refractivity contribution < 1.29 is 24.2 Å². The third-order valence-electron chi connectivity index (χ3n) is 8.84. The maximum absolute atomic E-state index is 14.0. The number of amides is 3. The minimum absolute atomic E-state index is 0.152. The number of ether oxygens (including phenoxy) is 1. The van der Waals surface area contributed by atoms with Crippen LogP contribution in [0.25, 0.3) is 0 Å². The normalized spacial score (nSPS) is 22.4. The molecular weight excluding hydrogens is 510 g/mol. The first-order chi connectivity index (χ1) is 19.4. The van der Waals surface area contributed by atoms with Crippen LogP contribution < -0.4 is 15.4 Å². The number of hydrogen-bond acceptors (Lipinski definition) is 5. The van der Waals surface area contributed by atoms with Crippen molar-refractivity contribution in [1.82, 2.24) is 25.5 Å². The van der Waals surface area contributed by atoms with E-state index in [0.29, 0.717) is 50.9 Å². The lowest BCUT2D eigenvalue weighted by Gasteiger charge is -2.49. The number of methoxy groups -OCH3 is 1. The van der Waals surface area contributed by atoms with Crippen LogP contribution in [0.4, 0.5) is 4.79 Å². The fourth-order valence-electron chi connectivity index (χ4n) is 6.52. The summed E-state index contributed by atoms with van der Waals surface area (Å²) in [6, 6.07) is 6.06. The molecule has 2 aromatic rings. The second-order valence-corrected chi connectivity index (χ2v) is 11.2. The van der Waals surface area contributed by atoms with E-state index in [9.17, 15) is 19.5 Å². The summed E-state index contributed by atoms with van der Waals surface area (Å²) in [5.41, 5.74) is 1.01. The summed E-state index contributed by atoms with van der Waals surface area (Å²) in [5.74, 6) is -0.0339. The molecule has 0 radical (unpaired) electrons. The molecule has 1 aliphatic carbocycles. The van der Waals surface area contributed by atoms with Crippen LogP contribution in [-0.2, 0) is 22.4 Å². The van der Waals surface area contributed by atoms with Crippen LogP contribution in [-0.4, -0.2) is 70.2 Å². The Morgan fingerprint density at radius 1 is 1.20 bits per heavy atom. The number of imidazole rings is 1. The van der Waals surface area contributed by atoms with Crippen molar-refractivity contribution in [3.8, 4) is 5.75 Å². The Hall–Kier alpha value is -3.56. The van der Waals surface area contributed by atoms with Crippen molar-refractivity contribution in [2.75, 3.05) is 20.2 Å². The molecule has 1 aromatic carbocycles. The molecule has 3 atom stereocenters. The maximum atomic E-state index is 14.0. The molecule has 4 N–H and O–H groups in total. The van der Waals surface area contributed by atoms with Gasteiger partial charge < -0.3 is 30.4 Å². The SMILES string of the molecule is CCC1CC(C(=O)O)(C2CCCCC2)CCN1C(=O)C(Cc1ccc(OC)cc1)NC(=O)NCCc1cnc[nH]1. The molecule has 4 rings (SSSR count). The number of carboxylic acids is 1. The highest BCUT2D eigenvalue weighted by Gasteiger charge is 2.51. The van der Waals surface area contributed by atoms with Gasteiger partial charge >= 0.3 is 12.0 Å². The summed E-state index contributed by atoms with van der Waals surface area (Å²) in [4.78, 5) is 48.4. The van der Waals surface area contributed by atoms with Gasteiger partial charge in [0.2, 0.25) is 5.91 Å². The second-order valence-electron chi connectivity index (χ2n) is 11.2. The molecule has 2 fully saturated rings. The summed E-state index contributed by atoms with van der Waals surface area (Å²) in [5, 5.41) is 16.2. The number of aromatic nitrogens is 2. The van der Waals surface area contributed by atoms with Gasteiger partial charge in [-0.2, -0.15) is 0 Å². The molecule has 40 heavy (non-hydrogen) atoms. The van der Waals surface area contributed by atoms with Gasteiger partial charge in [-0.05, 0) is 55.7 Å². The highest BCUT2D eigenvalue weighted by molar-refractivity contribution is 5.88. The number of carbonyl (C=O) groups excluding carboxylic acids is 2. The number of benzene rings is 1. The standard InChI is InChI=1S/C30H43N5O5/c1-3-24-18-30(28(37)38,22-7-5-4-6-8-22)14-16-35(24)27(36)26(17-21-9-11-25(40-2)12-10-21)34-29(39)32-15-13-23-19-31-20-33-23/h9-12,19-20,22,24,26H,3-8,13-18H2,1-2H3,(H,31,33)(H,37,38)(H2,32,34,39). The van der Waals surface area contributed by atoms with E-state index < -0.39 is 23.5 Å². The zero-order chi connectivity index (χ0) is 28.5. The Labute approximate surface area is 236 Å². The lowest BCUT2D eigenvalue weighted by Crippen LogP contribution is -2.59. The number of aliphatic carboxylic acids is 1. The average molecular weight is 554 g/mol. The third-order valence-corrected chi connectivity index (χ3v) is 8.84. The van der Waals surface area contributed by atoms with E-state index in [1.807, 2.05) is 36.1 Å². The quantitative estimate of drug-likeness (QED) is 0.333. The van der Waals surface area contributed by atoms with Crippen molar-refractivity contribution in [2.24, 2.45) is 11.3 Å². The number of hydrogen-bond donors (Lipinski definition) is 4. The van der Waals surface area contributed by atoms with Crippen molar-refractivity contribution in [2.45, 2.75) is 83.2 Å². The summed E-state index contributed by atoms with van der Waals surface area (Å²) in [6.07, 6.45) is 11.0. The molecule has 3 unspecified atom stereocenters. The molecular formula is C30H43N5O5. The van der Waals surface area contributed by atoms with Gasteiger partial charge in [-0.1, -0.05) is 38.3 Å². The first kappa shape index (κ1) is 29.4. The second kappa shape index (κ2) is 13.7. The number of urea groups is 1. The van der Waals surface area contributed by atoms with Crippen LogP contribution in [0.1, 0.15) is 69.5 Å². The highest BCUT2D eigenvalue weighted by atomic mass is 16.5. The Balaban J connectivity index is 1.48. The average Bonchev–Trinajstić information content (AvgIpc) is 3.50. The Bertz CT molecular complexity index is 1120. The van der Waals surface area contributed by atoms with Crippen LogP contribution in [0.5, 0.6) is 5.75 Å². The number of carboxylic acid groups (broad SMARTS) is 1. The van der Waals surface area contributed by atoms with E-state index in [4.69, 9.17) is 4.74 Å². The topological polar surface area (TPSA) is 137 Å². The number of carbonyl (C=O) groups is 3. The van der Waals surface area contributed by atoms with E-state index in [1.54, 1.807) is 19.6 Å². The Morgan fingerprint density at radius 2 is 1.95 bits per heavy atom. The molecule has 1 aliphatic heterocycles. The van der Waals surface area contributed by atoms with E-state index in [0.717, 1.165) is 43.4 Å². The predicted octanol–water partition coefficient (Wildman–Crippen LogP) is 3.92. The molecule has 0 spiro atoms. The molecule has 10 nitrogen and oxygen atoms in total. The smallest absolute Gasteiger partial charge is 0.315 e. The number of H-pyrrole nitrogens is 1. The van der Waals surface area contributed by atoms with Crippen LogP contribution in [0.15, 0.2) is 36.8 Å². The fourth-order valence-corrected chi connectivity index (χ4v) is 6.52. The van der Waals surface area contributed by atoms with Gasteiger partial charge in [0.25, 0.3) is 0 Å². The predicted molar refractivity (Wildman–Crippen MR) is 151 cm³/mol. The monoisotopic (exact) mass is 553 g/mol. The summed E-state index contributed by atoms with van der Waals surface area (Å²) >= 11 is 0. The van der Waals surface area contributed by atoms with Gasteiger partial charge in [-0.15, -0.1) is 0 Å². The van der Waals surface area contributed by atoms with Crippen molar-refractivity contribution in [1.29, 1.82) is 0 Å². The number of likely N-dealkylation sites (tertiary alicyclic amines) is 1. The molecule has 1 aromatic heterocycles. The number of nitrogens with one attached hydrogen (secondary N) is 3. The van der Waals surface area contributed by atoms with Crippen LogP contribution in [0, 0.1) is 11.3 Å². The first-order valence-corrected chi connectivity index (χ1v) is 14.5. The maximum Gasteiger partial charge on any atom is 0.315 e. The molecule has 10 heteroatoms. The van der Waals surface area contributed by atoms with Crippen LogP contribution in [0.2, 0.25) is 0 Å². The van der Waals surface area contributed by atoms with Gasteiger partial charge in [0, 0.05) is 43.9 Å². The molecule has 0 bridgehead atoms. The lowest BCUT2D eigenvalue weighted by molar-refractivity contribution is -0.163. The minimum Gasteiger partial charge on any atom is -0.497 e. The lowest BCUT2D eigenvalue weighted by atomic mass is 9.62. The number of piperidine rings is 1. The number of aromatic amines is 1. The zero-order valence-corrected chi connectivity index (χ0v) is 23.7. The van der Waals surface area contributed by atoms with Gasteiger partial charge in [0.05, 0.1) is 18.9 Å². The Kier molecular flexibility index (Phi) is 10.1. The van der Waals surface area contributed by atoms with Crippen molar-refractivity contribution >= 4 is 17.9 Å². The molecule has 1 saturated carbocycles. The van der Waals surface area contributed by atoms with Gasteiger partial charge in [0.1, 0.15) is 11.8 Å². The fraction of sp³-hybridized carbons (Fsp3) is 0.600. The minimum atomic E-state index is -0.791. The molecule has 2 aliphatic rings. The first-order valence-electron chi connectivity index (χ1n) is 14.5. The number of nitrogens with zero attached hydrogens (tertiary/aromatic N) is 2. The van der Waals surface area contributed by atoms with Crippen LogP contribution in [0.3, 0.4) is 0 Å². The molecule has 3 amide bonds. The summed E-state index contributed by atoms with van der Waals surface area (Å²) in [7, 11) is 1.60. The van der Waals surface area contributed by atoms with E-state index in [2.05, 4.69) is 20.6 Å². The molecule has 218 valence electrons. The molecule has 1 saturated heterocycles. The van der Waals surface area contributed by atoms with E-state index in [-0.39, 0.29) is 17.9 Å². The highest BCUT2D eigenvalue weighted by Crippen LogP contribution is 2.48. The Morgan fingerprint density at radius 3 is 2.58 bits per heavy atom. The van der Waals surface area contributed by atoms with Gasteiger partial charge in [0.15, 0.2) is 0 Å². The number of rotatable bonds is 11. The largest absolute Gasteiger partial charge is 0.497 e. The summed E-state index contributed by atoms with van der Waals surface area (Å²) in [6.45, 7) is 2.78. The molecule has 2 heterocycles. The third kappa shape index (κ3) is 6.95. The van der Waals surface area contributed by atoms with E-state index in [1.165, 1.54) is 0 Å². The van der Waals surface area contributed by atoms with Crippen LogP contribution >= 0.6 is 0 Å². The zero-order valence-electron chi connectivity index (χ0n) is 23.7. The van der Waals surface area contributed by atoms with Gasteiger partial charge in [-0.25, -0.2) is 9.78 Å². The van der Waals surface area contributed by atoms with E-state index >= 15 is 0 Å². The summed E-state index contributed by atoms with van der Waals surface area (Å²) < 4.78 is 5.26. The van der Waals surface area contributed by atoms with Gasteiger partial charge in [-0.3, -0.25) is 9.59 Å².